The quantitative estimate of drug-likeness (QED) is 0.683. The summed E-state index contributed by atoms with van der Waals surface area (Å²) < 4.78 is 5.95. The molecular weight excluding hydrogens is 184 g/mol. The smallest absolute Gasteiger partial charge is 0.0800 e. The third-order valence-corrected chi connectivity index (χ3v) is 2.85. The van der Waals surface area contributed by atoms with E-state index in [2.05, 4.69) is 49.4 Å². The molecule has 0 aliphatic carbocycles. The Labute approximate surface area is 91.8 Å². The van der Waals surface area contributed by atoms with E-state index in [1.54, 1.807) is 0 Å². The summed E-state index contributed by atoms with van der Waals surface area (Å²) in [5, 5.41) is 0. The predicted octanol–water partition coefficient (Wildman–Crippen LogP) is 3.35. The van der Waals surface area contributed by atoms with Crippen molar-refractivity contribution >= 4 is 0 Å². The summed E-state index contributed by atoms with van der Waals surface area (Å²) in [6.07, 6.45) is 8.31. The van der Waals surface area contributed by atoms with Crippen LogP contribution < -0.4 is 0 Å². The molecule has 0 unspecified atom stereocenters. The molecule has 0 amide bonds. The molecule has 0 N–H and O–H groups in total. The van der Waals surface area contributed by atoms with E-state index in [0.29, 0.717) is 6.10 Å². The fraction of sp³-hybridized carbons (Fsp3) is 0.429. The van der Waals surface area contributed by atoms with Crippen LogP contribution in [0.5, 0.6) is 0 Å². The van der Waals surface area contributed by atoms with Crippen molar-refractivity contribution in [2.75, 3.05) is 0 Å². The Morgan fingerprint density at radius 3 is 2.80 bits per heavy atom. The van der Waals surface area contributed by atoms with Gasteiger partial charge in [0.05, 0.1) is 12.2 Å². The lowest BCUT2D eigenvalue weighted by molar-refractivity contribution is 0.00495. The highest BCUT2D eigenvalue weighted by Gasteiger charge is 2.16. The van der Waals surface area contributed by atoms with Crippen LogP contribution in [0.1, 0.15) is 25.3 Å². The van der Waals surface area contributed by atoms with Crippen molar-refractivity contribution in [1.29, 1.82) is 0 Å². The Balaban J connectivity index is 1.95. The van der Waals surface area contributed by atoms with E-state index in [0.717, 1.165) is 19.3 Å². The molecule has 80 valence electrons. The minimum absolute atomic E-state index is 0.270. The van der Waals surface area contributed by atoms with Gasteiger partial charge < -0.3 is 4.74 Å². The summed E-state index contributed by atoms with van der Waals surface area (Å²) in [5.74, 6) is 0. The Morgan fingerprint density at radius 2 is 2.07 bits per heavy atom. The van der Waals surface area contributed by atoms with Crippen molar-refractivity contribution in [2.24, 2.45) is 0 Å². The maximum atomic E-state index is 5.95. The molecule has 0 radical (unpaired) electrons. The summed E-state index contributed by atoms with van der Waals surface area (Å²) >= 11 is 0. The maximum Gasteiger partial charge on any atom is 0.0800 e. The molecular formula is C14H18O. The molecule has 1 aliphatic heterocycles. The third-order valence-electron chi connectivity index (χ3n) is 2.85. The van der Waals surface area contributed by atoms with Gasteiger partial charge in [-0.2, -0.15) is 0 Å². The van der Waals surface area contributed by atoms with Crippen LogP contribution in [0.25, 0.3) is 0 Å². The van der Waals surface area contributed by atoms with E-state index < -0.39 is 0 Å². The third kappa shape index (κ3) is 2.93. The zero-order chi connectivity index (χ0) is 10.5. The van der Waals surface area contributed by atoms with Gasteiger partial charge in [0.1, 0.15) is 0 Å². The van der Waals surface area contributed by atoms with E-state index in [9.17, 15) is 0 Å². The Bertz CT molecular complexity index is 315. The van der Waals surface area contributed by atoms with Gasteiger partial charge in [0, 0.05) is 6.42 Å². The Hall–Kier alpha value is -1.08. The number of hydrogen-bond acceptors (Lipinski definition) is 1. The number of rotatable bonds is 3. The van der Waals surface area contributed by atoms with Gasteiger partial charge in [-0.15, -0.1) is 0 Å². The number of benzene rings is 1. The second-order valence-electron chi connectivity index (χ2n) is 4.06. The van der Waals surface area contributed by atoms with Crippen molar-refractivity contribution in [2.45, 2.75) is 38.4 Å². The van der Waals surface area contributed by atoms with Crippen LogP contribution in [-0.2, 0) is 11.2 Å². The molecule has 0 bridgehead atoms. The number of ether oxygens (including phenoxy) is 1. The highest BCUT2D eigenvalue weighted by molar-refractivity contribution is 5.17. The van der Waals surface area contributed by atoms with Crippen LogP contribution in [0.2, 0.25) is 0 Å². The summed E-state index contributed by atoms with van der Waals surface area (Å²) in [4.78, 5) is 0. The second-order valence-corrected chi connectivity index (χ2v) is 4.06. The molecule has 0 aromatic heterocycles. The van der Waals surface area contributed by atoms with Crippen molar-refractivity contribution in [3.63, 3.8) is 0 Å². The first kappa shape index (κ1) is 10.4. The van der Waals surface area contributed by atoms with E-state index in [1.807, 2.05) is 0 Å². The van der Waals surface area contributed by atoms with Gasteiger partial charge in [-0.05, 0) is 18.4 Å². The van der Waals surface area contributed by atoms with Crippen molar-refractivity contribution < 1.29 is 4.74 Å². The first-order valence-corrected chi connectivity index (χ1v) is 5.74. The molecule has 1 aromatic rings. The van der Waals surface area contributed by atoms with Crippen LogP contribution >= 0.6 is 0 Å². The lowest BCUT2D eigenvalue weighted by Gasteiger charge is -2.25. The maximum absolute atomic E-state index is 5.95. The van der Waals surface area contributed by atoms with E-state index >= 15 is 0 Å². The van der Waals surface area contributed by atoms with E-state index in [-0.39, 0.29) is 6.10 Å². The molecule has 0 spiro atoms. The van der Waals surface area contributed by atoms with E-state index in [4.69, 9.17) is 4.74 Å². The highest BCUT2D eigenvalue weighted by atomic mass is 16.5. The van der Waals surface area contributed by atoms with Gasteiger partial charge in [-0.3, -0.25) is 0 Å². The summed E-state index contributed by atoms with van der Waals surface area (Å²) in [6.45, 7) is 2.18. The lowest BCUT2D eigenvalue weighted by Crippen LogP contribution is -2.25. The molecule has 15 heavy (non-hydrogen) atoms. The van der Waals surface area contributed by atoms with Crippen molar-refractivity contribution in [1.82, 2.24) is 0 Å². The average Bonchev–Trinajstić information content (AvgIpc) is 2.31. The average molecular weight is 202 g/mol. The van der Waals surface area contributed by atoms with Gasteiger partial charge in [-0.1, -0.05) is 49.4 Å². The summed E-state index contributed by atoms with van der Waals surface area (Å²) in [6, 6.07) is 10.5. The van der Waals surface area contributed by atoms with Gasteiger partial charge in [-0.25, -0.2) is 0 Å². The van der Waals surface area contributed by atoms with E-state index in [1.165, 1.54) is 5.56 Å². The molecule has 1 heterocycles. The molecule has 1 aromatic carbocycles. The molecule has 1 nitrogen and oxygen atoms in total. The summed E-state index contributed by atoms with van der Waals surface area (Å²) in [7, 11) is 0. The van der Waals surface area contributed by atoms with Crippen LogP contribution in [0.3, 0.4) is 0 Å². The number of hydrogen-bond donors (Lipinski definition) is 0. The largest absolute Gasteiger partial charge is 0.370 e. The predicted molar refractivity (Wildman–Crippen MR) is 62.9 cm³/mol. The fourth-order valence-corrected chi connectivity index (χ4v) is 1.96. The fourth-order valence-electron chi connectivity index (χ4n) is 1.96. The van der Waals surface area contributed by atoms with Crippen LogP contribution in [0, 0.1) is 0 Å². The van der Waals surface area contributed by atoms with Crippen molar-refractivity contribution in [3.8, 4) is 0 Å². The standard InChI is InChI=1S/C14H18O/c1-2-13-9-6-10-14(15-13)11-12-7-4-3-5-8-12/h3-8,10,13-14H,2,9,11H2,1H3/t13-,14-/m0/s1. The Morgan fingerprint density at radius 1 is 1.27 bits per heavy atom. The van der Waals surface area contributed by atoms with Crippen molar-refractivity contribution in [3.05, 3.63) is 48.0 Å². The summed E-state index contributed by atoms with van der Waals surface area (Å²) in [5.41, 5.74) is 1.35. The molecule has 2 atom stereocenters. The van der Waals surface area contributed by atoms with Gasteiger partial charge in [0.2, 0.25) is 0 Å². The lowest BCUT2D eigenvalue weighted by atomic mass is 10.0. The minimum atomic E-state index is 0.270. The topological polar surface area (TPSA) is 9.23 Å². The molecule has 2 rings (SSSR count). The molecule has 1 aliphatic rings. The first-order valence-electron chi connectivity index (χ1n) is 5.74. The SMILES string of the molecule is CC[C@H]1CC=C[C@@H](Cc2ccccc2)O1. The van der Waals surface area contributed by atoms with Crippen LogP contribution in [0.15, 0.2) is 42.5 Å². The van der Waals surface area contributed by atoms with Crippen LogP contribution in [-0.4, -0.2) is 12.2 Å². The highest BCUT2D eigenvalue weighted by Crippen LogP contribution is 2.18. The molecule has 0 saturated carbocycles. The molecule has 0 saturated heterocycles. The first-order chi connectivity index (χ1) is 7.38. The van der Waals surface area contributed by atoms with Crippen LogP contribution in [0.4, 0.5) is 0 Å². The molecule has 0 fully saturated rings. The zero-order valence-corrected chi connectivity index (χ0v) is 9.23. The monoisotopic (exact) mass is 202 g/mol. The zero-order valence-electron chi connectivity index (χ0n) is 9.23. The minimum Gasteiger partial charge on any atom is -0.370 e. The van der Waals surface area contributed by atoms with Gasteiger partial charge in [0.25, 0.3) is 0 Å². The normalized spacial score (nSPS) is 25.4. The Kier molecular flexibility index (Phi) is 3.57. The van der Waals surface area contributed by atoms with Gasteiger partial charge >= 0.3 is 0 Å². The molecule has 1 heteroatoms. The van der Waals surface area contributed by atoms with Gasteiger partial charge in [0.15, 0.2) is 0 Å². The second kappa shape index (κ2) is 5.13.